The van der Waals surface area contributed by atoms with E-state index in [0.717, 1.165) is 25.7 Å². The first-order chi connectivity index (χ1) is 14.2. The van der Waals surface area contributed by atoms with Crippen LogP contribution in [-0.4, -0.2) is 32.8 Å². The summed E-state index contributed by atoms with van der Waals surface area (Å²) in [5, 5.41) is 2.73. The number of ether oxygens (including phenoxy) is 1. The first-order valence-electron chi connectivity index (χ1n) is 9.60. The molecule has 0 spiro atoms. The molecule has 1 aliphatic rings. The van der Waals surface area contributed by atoms with Crippen LogP contribution in [0.5, 0.6) is 5.75 Å². The molecule has 0 saturated heterocycles. The molecule has 2 aromatic carbocycles. The maximum atomic E-state index is 12.5. The van der Waals surface area contributed by atoms with Crippen molar-refractivity contribution in [2.75, 3.05) is 11.9 Å². The molecule has 0 radical (unpaired) electrons. The molecule has 2 aromatic rings. The Morgan fingerprint density at radius 2 is 1.87 bits per heavy atom. The zero-order valence-electron chi connectivity index (χ0n) is 16.5. The molecule has 1 fully saturated rings. The highest BCUT2D eigenvalue weighted by atomic mass is 35.5. The zero-order chi connectivity index (χ0) is 21.7. The van der Waals surface area contributed by atoms with Gasteiger partial charge in [0.05, 0.1) is 9.92 Å². The minimum Gasteiger partial charge on any atom is -0.482 e. The highest BCUT2D eigenvalue weighted by Gasteiger charge is 2.23. The van der Waals surface area contributed by atoms with Gasteiger partial charge in [0.25, 0.3) is 5.91 Å². The van der Waals surface area contributed by atoms with Crippen LogP contribution in [0.2, 0.25) is 5.02 Å². The second-order valence-electron chi connectivity index (χ2n) is 7.17. The molecule has 30 heavy (non-hydrogen) atoms. The van der Waals surface area contributed by atoms with Crippen molar-refractivity contribution in [2.45, 2.75) is 43.5 Å². The summed E-state index contributed by atoms with van der Waals surface area (Å²) in [7, 11) is -3.66. The number of nitrogens with one attached hydrogen (secondary N) is 2. The number of carbonyl (C=O) groups excluding carboxylic acids is 2. The number of amides is 1. The quantitative estimate of drug-likeness (QED) is 0.596. The van der Waals surface area contributed by atoms with Crippen molar-refractivity contribution >= 4 is 39.0 Å². The second-order valence-corrected chi connectivity index (χ2v) is 9.29. The van der Waals surface area contributed by atoms with Gasteiger partial charge in [-0.2, -0.15) is 0 Å². The molecule has 0 atom stereocenters. The van der Waals surface area contributed by atoms with E-state index in [9.17, 15) is 18.0 Å². The third-order valence-electron chi connectivity index (χ3n) is 4.80. The molecule has 0 heterocycles. The summed E-state index contributed by atoms with van der Waals surface area (Å²) in [4.78, 5) is 23.6. The number of hydrogen-bond acceptors (Lipinski definition) is 5. The van der Waals surface area contributed by atoms with E-state index in [1.165, 1.54) is 25.1 Å². The molecule has 1 aliphatic carbocycles. The Kier molecular flexibility index (Phi) is 7.12. The van der Waals surface area contributed by atoms with Gasteiger partial charge in [0, 0.05) is 17.3 Å². The van der Waals surface area contributed by atoms with Gasteiger partial charge in [-0.3, -0.25) is 9.59 Å². The van der Waals surface area contributed by atoms with Crippen LogP contribution < -0.4 is 14.8 Å². The van der Waals surface area contributed by atoms with E-state index in [4.69, 9.17) is 16.3 Å². The molecule has 7 nitrogen and oxygen atoms in total. The third-order valence-corrected chi connectivity index (χ3v) is 6.62. The molecule has 9 heteroatoms. The van der Waals surface area contributed by atoms with Gasteiger partial charge in [-0.05, 0) is 50.1 Å². The van der Waals surface area contributed by atoms with Crippen molar-refractivity contribution in [1.29, 1.82) is 0 Å². The summed E-state index contributed by atoms with van der Waals surface area (Å²) in [6.07, 6.45) is 3.70. The zero-order valence-corrected chi connectivity index (χ0v) is 18.1. The predicted molar refractivity (Wildman–Crippen MR) is 115 cm³/mol. The summed E-state index contributed by atoms with van der Waals surface area (Å²) in [6, 6.07) is 10.6. The van der Waals surface area contributed by atoms with E-state index in [2.05, 4.69) is 10.0 Å². The molecule has 1 amide bonds. The third kappa shape index (κ3) is 5.81. The van der Waals surface area contributed by atoms with Crippen molar-refractivity contribution < 1.29 is 22.7 Å². The molecule has 2 N–H and O–H groups in total. The van der Waals surface area contributed by atoms with Gasteiger partial charge in [-0.25, -0.2) is 13.1 Å². The topological polar surface area (TPSA) is 102 Å². The first-order valence-corrected chi connectivity index (χ1v) is 11.5. The van der Waals surface area contributed by atoms with E-state index in [-0.39, 0.29) is 34.1 Å². The number of sulfonamides is 1. The van der Waals surface area contributed by atoms with Gasteiger partial charge in [-0.15, -0.1) is 0 Å². The van der Waals surface area contributed by atoms with Crippen LogP contribution in [0.3, 0.4) is 0 Å². The van der Waals surface area contributed by atoms with Gasteiger partial charge in [0.1, 0.15) is 5.75 Å². The number of hydrogen-bond donors (Lipinski definition) is 2. The van der Waals surface area contributed by atoms with E-state index in [1.807, 2.05) is 0 Å². The Hall–Kier alpha value is -2.42. The molecule has 1 saturated carbocycles. The van der Waals surface area contributed by atoms with Gasteiger partial charge in [0.2, 0.25) is 10.0 Å². The Balaban J connectivity index is 1.60. The number of ketones is 1. The summed E-state index contributed by atoms with van der Waals surface area (Å²) >= 11 is 6.16. The average molecular weight is 451 g/mol. The van der Waals surface area contributed by atoms with Crippen LogP contribution in [0.15, 0.2) is 47.4 Å². The fourth-order valence-electron chi connectivity index (χ4n) is 3.25. The van der Waals surface area contributed by atoms with Crippen LogP contribution >= 0.6 is 11.6 Å². The van der Waals surface area contributed by atoms with Gasteiger partial charge in [-0.1, -0.05) is 36.6 Å². The number of Topliss-reactive ketones (excluding diaryl/α,β-unsaturated/α-hetero) is 1. The normalized spacial score (nSPS) is 14.5. The highest BCUT2D eigenvalue weighted by Crippen LogP contribution is 2.28. The smallest absolute Gasteiger partial charge is 0.262 e. The molecule has 0 bridgehead atoms. The van der Waals surface area contributed by atoms with Crippen LogP contribution in [0.25, 0.3) is 0 Å². The lowest BCUT2D eigenvalue weighted by Gasteiger charge is -2.14. The summed E-state index contributed by atoms with van der Waals surface area (Å²) in [6.45, 7) is 1.12. The first kappa shape index (κ1) is 22.3. The van der Waals surface area contributed by atoms with Crippen molar-refractivity contribution in [3.8, 4) is 5.75 Å². The lowest BCUT2D eigenvalue weighted by Crippen LogP contribution is -2.32. The Morgan fingerprint density at radius 1 is 1.13 bits per heavy atom. The number of anilines is 1. The maximum absolute atomic E-state index is 12.5. The largest absolute Gasteiger partial charge is 0.482 e. The van der Waals surface area contributed by atoms with Gasteiger partial charge in [0.15, 0.2) is 12.4 Å². The van der Waals surface area contributed by atoms with Crippen molar-refractivity contribution in [3.05, 3.63) is 53.1 Å². The molecule has 0 aliphatic heterocycles. The number of rotatable bonds is 8. The summed E-state index contributed by atoms with van der Waals surface area (Å²) in [5.74, 6) is -0.345. The fourth-order valence-corrected chi connectivity index (χ4v) is 4.88. The minimum absolute atomic E-state index is 0.0464. The van der Waals surface area contributed by atoms with E-state index in [1.54, 1.807) is 24.3 Å². The average Bonchev–Trinajstić information content (AvgIpc) is 3.19. The molecule has 160 valence electrons. The standard InChI is InChI=1S/C21H23ClN2O5S/c1-14(25)15-5-4-8-17(11-15)23-21(26)13-29-20-10-9-18(12-19(20)22)30(27,28)24-16-6-2-3-7-16/h4-5,8-12,16,24H,2-3,6-7,13H2,1H3,(H,23,26). The molecular formula is C21H23ClN2O5S. The lowest BCUT2D eigenvalue weighted by molar-refractivity contribution is -0.118. The Bertz CT molecular complexity index is 1050. The Morgan fingerprint density at radius 3 is 2.53 bits per heavy atom. The van der Waals surface area contributed by atoms with Crippen molar-refractivity contribution in [2.24, 2.45) is 0 Å². The second kappa shape index (κ2) is 9.59. The van der Waals surface area contributed by atoms with Crippen LogP contribution in [0.1, 0.15) is 43.0 Å². The lowest BCUT2D eigenvalue weighted by atomic mass is 10.1. The molecule has 0 aromatic heterocycles. The predicted octanol–water partition coefficient (Wildman–Crippen LogP) is 3.78. The van der Waals surface area contributed by atoms with E-state index >= 15 is 0 Å². The molecule has 0 unspecified atom stereocenters. The fraction of sp³-hybridized carbons (Fsp3) is 0.333. The molecular weight excluding hydrogens is 428 g/mol. The number of benzene rings is 2. The van der Waals surface area contributed by atoms with E-state index in [0.29, 0.717) is 11.3 Å². The van der Waals surface area contributed by atoms with Crippen LogP contribution in [0, 0.1) is 0 Å². The van der Waals surface area contributed by atoms with Crippen LogP contribution in [0.4, 0.5) is 5.69 Å². The van der Waals surface area contributed by atoms with Gasteiger partial charge >= 0.3 is 0 Å². The number of halogens is 1. The minimum atomic E-state index is -3.66. The maximum Gasteiger partial charge on any atom is 0.262 e. The van der Waals surface area contributed by atoms with Crippen molar-refractivity contribution in [3.63, 3.8) is 0 Å². The van der Waals surface area contributed by atoms with Crippen molar-refractivity contribution in [1.82, 2.24) is 4.72 Å². The van der Waals surface area contributed by atoms with Gasteiger partial charge < -0.3 is 10.1 Å². The molecule has 3 rings (SSSR count). The van der Waals surface area contributed by atoms with E-state index < -0.39 is 15.9 Å². The highest BCUT2D eigenvalue weighted by molar-refractivity contribution is 7.89. The summed E-state index contributed by atoms with van der Waals surface area (Å²) < 4.78 is 33.1. The summed E-state index contributed by atoms with van der Waals surface area (Å²) in [5.41, 5.74) is 0.960. The monoisotopic (exact) mass is 450 g/mol. The van der Waals surface area contributed by atoms with Crippen LogP contribution in [-0.2, 0) is 14.8 Å². The number of carbonyl (C=O) groups is 2. The SMILES string of the molecule is CC(=O)c1cccc(NC(=O)COc2ccc(S(=O)(=O)NC3CCCC3)cc2Cl)c1. The Labute approximate surface area is 180 Å².